The summed E-state index contributed by atoms with van der Waals surface area (Å²) in [7, 11) is 0. The first-order valence-corrected chi connectivity index (χ1v) is 15.8. The van der Waals surface area contributed by atoms with Crippen molar-refractivity contribution in [3.63, 3.8) is 0 Å². The van der Waals surface area contributed by atoms with E-state index in [1.807, 2.05) is 30.3 Å². The molecule has 0 radical (unpaired) electrons. The number of nitrogens with zero attached hydrogens (tertiary/aromatic N) is 4. The van der Waals surface area contributed by atoms with Gasteiger partial charge < -0.3 is 24.4 Å². The highest BCUT2D eigenvalue weighted by atomic mass is 16.5. The minimum Gasteiger partial charge on any atom is -0.494 e. The average Bonchev–Trinajstić information content (AvgIpc) is 3.55. The van der Waals surface area contributed by atoms with E-state index in [-0.39, 0.29) is 17.4 Å². The normalized spacial score (nSPS) is 13.4. The third-order valence-electron chi connectivity index (χ3n) is 8.14. The Hall–Kier alpha value is -4.78. The van der Waals surface area contributed by atoms with Crippen molar-refractivity contribution in [2.45, 2.75) is 84.7 Å². The van der Waals surface area contributed by atoms with Gasteiger partial charge in [-0.25, -0.2) is 4.79 Å². The standard InChI is InChI=1S/C35H42N4O6/c1-3-5-6-7-8-9-10-11-20-45-28-15-13-27(14-16-28)38-19-18-26-21-25(12-17-30(26)38)22-31-34(42)39(24-32(40)41)33(37(31)4-2)29(23-36)35(43)44/h12-17,21-22H,3-11,18-20,24H2,1-2H3,(H,40,41)(H,43,44). The summed E-state index contributed by atoms with van der Waals surface area (Å²) in [6.07, 6.45) is 12.5. The van der Waals surface area contributed by atoms with Gasteiger partial charge in [-0.05, 0) is 73.4 Å². The number of rotatable bonds is 16. The number of carbonyl (C=O) groups is 2. The van der Waals surface area contributed by atoms with Crippen LogP contribution in [0.1, 0.15) is 76.3 Å². The predicted molar refractivity (Wildman–Crippen MR) is 173 cm³/mol. The summed E-state index contributed by atoms with van der Waals surface area (Å²) < 4.78 is 8.19. The van der Waals surface area contributed by atoms with Crippen LogP contribution in [0.3, 0.4) is 0 Å². The number of hydrogen-bond acceptors (Lipinski definition) is 6. The Balaban J connectivity index is 1.50. The van der Waals surface area contributed by atoms with Gasteiger partial charge in [0.15, 0.2) is 5.57 Å². The molecule has 10 nitrogen and oxygen atoms in total. The molecule has 0 bridgehead atoms. The van der Waals surface area contributed by atoms with Gasteiger partial charge in [-0.15, -0.1) is 0 Å². The quantitative estimate of drug-likeness (QED) is 0.224. The van der Waals surface area contributed by atoms with Crippen molar-refractivity contribution in [1.29, 1.82) is 5.26 Å². The number of unbranched alkanes of at least 4 members (excludes halogenated alkanes) is 7. The molecule has 0 saturated carbocycles. The number of aromatic nitrogens is 2. The first kappa shape index (κ1) is 33.1. The molecule has 10 heteroatoms. The van der Waals surface area contributed by atoms with Crippen LogP contribution in [0.25, 0.3) is 11.6 Å². The van der Waals surface area contributed by atoms with Crippen LogP contribution in [0.4, 0.5) is 11.4 Å². The molecule has 3 aromatic rings. The lowest BCUT2D eigenvalue weighted by Crippen LogP contribution is -2.35. The zero-order valence-electron chi connectivity index (χ0n) is 26.1. The molecule has 1 aliphatic rings. The number of imidazole rings is 1. The van der Waals surface area contributed by atoms with E-state index in [2.05, 4.69) is 24.0 Å². The third-order valence-corrected chi connectivity index (χ3v) is 8.14. The number of fused-ring (bicyclic) bond motifs is 1. The van der Waals surface area contributed by atoms with E-state index in [0.29, 0.717) is 5.56 Å². The molecule has 4 rings (SSSR count). The maximum Gasteiger partial charge on any atom is 0.350 e. The van der Waals surface area contributed by atoms with Crippen LogP contribution in [-0.4, -0.2) is 44.4 Å². The zero-order valence-corrected chi connectivity index (χ0v) is 26.1. The number of anilines is 2. The minimum absolute atomic E-state index is 0.111. The van der Waals surface area contributed by atoms with Crippen molar-refractivity contribution >= 4 is 35.0 Å². The van der Waals surface area contributed by atoms with E-state index >= 15 is 0 Å². The van der Waals surface area contributed by atoms with Crippen LogP contribution in [-0.2, 0) is 29.1 Å². The van der Waals surface area contributed by atoms with Gasteiger partial charge in [-0.1, -0.05) is 57.9 Å². The Kier molecular flexibility index (Phi) is 11.6. The van der Waals surface area contributed by atoms with Crippen molar-refractivity contribution in [1.82, 2.24) is 9.13 Å². The Morgan fingerprint density at radius 2 is 1.64 bits per heavy atom. The summed E-state index contributed by atoms with van der Waals surface area (Å²) in [4.78, 5) is 38.8. The monoisotopic (exact) mass is 614 g/mol. The number of ether oxygens (including phenoxy) is 1. The molecule has 2 N–H and O–H groups in total. The fourth-order valence-electron chi connectivity index (χ4n) is 5.90. The summed E-state index contributed by atoms with van der Waals surface area (Å²) in [5.74, 6) is -1.99. The second kappa shape index (κ2) is 15.8. The number of carboxylic acid groups (broad SMARTS) is 2. The highest BCUT2D eigenvalue weighted by Gasteiger charge is 2.22. The van der Waals surface area contributed by atoms with Gasteiger partial charge >= 0.3 is 11.9 Å². The summed E-state index contributed by atoms with van der Waals surface area (Å²) in [6, 6.07) is 15.6. The van der Waals surface area contributed by atoms with E-state index in [1.165, 1.54) is 49.5 Å². The fraction of sp³-hybridized carbons (Fsp3) is 0.429. The molecular weight excluding hydrogens is 572 g/mol. The van der Waals surface area contributed by atoms with Crippen molar-refractivity contribution in [3.05, 3.63) is 74.8 Å². The molecule has 0 fully saturated rings. The second-order valence-corrected chi connectivity index (χ2v) is 11.3. The van der Waals surface area contributed by atoms with Crippen molar-refractivity contribution in [2.24, 2.45) is 0 Å². The molecule has 45 heavy (non-hydrogen) atoms. The van der Waals surface area contributed by atoms with Gasteiger partial charge in [-0.3, -0.25) is 14.2 Å². The number of hydrogen-bond donors (Lipinski definition) is 2. The van der Waals surface area contributed by atoms with E-state index < -0.39 is 29.6 Å². The van der Waals surface area contributed by atoms with Crippen LogP contribution in [0.5, 0.6) is 5.75 Å². The van der Waals surface area contributed by atoms with Gasteiger partial charge in [0.25, 0.3) is 5.56 Å². The Bertz CT molecular complexity index is 1730. The third kappa shape index (κ3) is 8.04. The Morgan fingerprint density at radius 1 is 0.956 bits per heavy atom. The van der Waals surface area contributed by atoms with E-state index in [0.717, 1.165) is 53.2 Å². The highest BCUT2D eigenvalue weighted by Crippen LogP contribution is 2.35. The lowest BCUT2D eigenvalue weighted by molar-refractivity contribution is -0.138. The van der Waals surface area contributed by atoms with E-state index in [4.69, 9.17) is 4.74 Å². The minimum atomic E-state index is -1.53. The molecule has 0 amide bonds. The smallest absolute Gasteiger partial charge is 0.350 e. The highest BCUT2D eigenvalue weighted by molar-refractivity contribution is 6.13. The van der Waals surface area contributed by atoms with Crippen LogP contribution < -0.4 is 26.0 Å². The van der Waals surface area contributed by atoms with Gasteiger partial charge in [0, 0.05) is 24.5 Å². The second-order valence-electron chi connectivity index (χ2n) is 11.3. The van der Waals surface area contributed by atoms with E-state index in [1.54, 1.807) is 19.1 Å². The zero-order chi connectivity index (χ0) is 32.3. The number of nitriles is 1. The van der Waals surface area contributed by atoms with Gasteiger partial charge in [0.2, 0.25) is 0 Å². The largest absolute Gasteiger partial charge is 0.494 e. The maximum atomic E-state index is 13.3. The summed E-state index contributed by atoms with van der Waals surface area (Å²) in [6.45, 7) is 4.85. The van der Waals surface area contributed by atoms with Crippen LogP contribution in [0, 0.1) is 11.3 Å². The first-order valence-electron chi connectivity index (χ1n) is 15.8. The average molecular weight is 615 g/mol. The summed E-state index contributed by atoms with van der Waals surface area (Å²) in [5.41, 5.74) is 2.32. The van der Waals surface area contributed by atoms with Gasteiger partial charge in [0.05, 0.1) is 6.61 Å². The van der Waals surface area contributed by atoms with Gasteiger partial charge in [-0.2, -0.15) is 5.26 Å². The van der Waals surface area contributed by atoms with Crippen molar-refractivity contribution in [3.8, 4) is 11.8 Å². The molecule has 0 unspecified atom stereocenters. The number of benzene rings is 2. The summed E-state index contributed by atoms with van der Waals surface area (Å²) >= 11 is 0. The molecule has 0 saturated heterocycles. The molecular formula is C35H42N4O6. The molecule has 2 heterocycles. The molecule has 238 valence electrons. The molecule has 0 aliphatic carbocycles. The SMILES string of the molecule is CCCCCCCCCCOc1ccc(N2CCc3cc(C=c4c(=O)n(CC(=O)O)c(=C(C#N)C(=O)O)n4CC)ccc32)cc1. The Labute approximate surface area is 263 Å². The van der Waals surface area contributed by atoms with Crippen LogP contribution >= 0.6 is 0 Å². The maximum absolute atomic E-state index is 13.3. The first-order chi connectivity index (χ1) is 21.8. The number of carboxylic acids is 2. The molecule has 1 aliphatic heterocycles. The van der Waals surface area contributed by atoms with Crippen LogP contribution in [0.2, 0.25) is 0 Å². The Morgan fingerprint density at radius 3 is 2.27 bits per heavy atom. The lowest BCUT2D eigenvalue weighted by Gasteiger charge is -2.20. The van der Waals surface area contributed by atoms with Crippen LogP contribution in [0.15, 0.2) is 47.3 Å². The van der Waals surface area contributed by atoms with Crippen molar-refractivity contribution < 1.29 is 24.5 Å². The molecule has 0 atom stereocenters. The van der Waals surface area contributed by atoms with E-state index in [9.17, 15) is 29.9 Å². The summed E-state index contributed by atoms with van der Waals surface area (Å²) in [5, 5.41) is 28.5. The topological polar surface area (TPSA) is 138 Å². The van der Waals surface area contributed by atoms with Gasteiger partial charge in [0.1, 0.15) is 29.2 Å². The predicted octanol–water partition coefficient (Wildman–Crippen LogP) is 4.56. The number of aliphatic carboxylic acids is 2. The van der Waals surface area contributed by atoms with Crippen molar-refractivity contribution in [2.75, 3.05) is 18.1 Å². The molecule has 2 aromatic carbocycles. The fourth-order valence-corrected chi connectivity index (χ4v) is 5.90. The molecule has 0 spiro atoms. The lowest BCUT2D eigenvalue weighted by atomic mass is 10.1. The molecule has 1 aromatic heterocycles.